The molecule has 35 heavy (non-hydrogen) atoms. The minimum atomic E-state index is -4.77. The molecule has 5 nitrogen and oxygen atoms in total. The number of alkyl halides is 3. The van der Waals surface area contributed by atoms with E-state index in [2.05, 4.69) is 15.0 Å². The van der Waals surface area contributed by atoms with Crippen molar-refractivity contribution in [2.24, 2.45) is 11.3 Å². The lowest BCUT2D eigenvalue weighted by atomic mass is 9.76. The molecule has 3 saturated heterocycles. The molecule has 2 bridgehead atoms. The van der Waals surface area contributed by atoms with Crippen LogP contribution in [0.4, 0.5) is 18.0 Å². The molecule has 0 aromatic heterocycles. The van der Waals surface area contributed by atoms with E-state index in [1.807, 2.05) is 18.2 Å². The molecule has 1 spiro atoms. The average molecular weight is 487 g/mol. The van der Waals surface area contributed by atoms with Crippen LogP contribution in [0.25, 0.3) is 11.1 Å². The summed E-state index contributed by atoms with van der Waals surface area (Å²) in [5.41, 5.74) is 3.10. The van der Waals surface area contributed by atoms with Crippen molar-refractivity contribution < 1.29 is 27.4 Å². The number of halogens is 3. The number of para-hydroxylation sites is 1. The molecule has 8 heteroatoms. The largest absolute Gasteiger partial charge is 0.573 e. The summed E-state index contributed by atoms with van der Waals surface area (Å²) in [4.78, 5) is 15.4. The molecule has 1 N–H and O–H groups in total. The first-order valence-electron chi connectivity index (χ1n) is 12.5. The molecule has 1 unspecified atom stereocenters. The SMILES string of the molecule is O=C(NC1c2cc(-c3ccccc3OC(F)(F)F)ccc2CCC12CC2)O[C@@H]1CN2CCC1CC2. The molecule has 0 radical (unpaired) electrons. The van der Waals surface area contributed by atoms with Gasteiger partial charge in [0, 0.05) is 12.1 Å². The van der Waals surface area contributed by atoms with Gasteiger partial charge in [-0.2, -0.15) is 0 Å². The van der Waals surface area contributed by atoms with Gasteiger partial charge >= 0.3 is 12.5 Å². The Balaban J connectivity index is 1.27. The van der Waals surface area contributed by atoms with Crippen molar-refractivity contribution in [1.82, 2.24) is 10.2 Å². The number of alkyl carbamates (subject to hydrolysis) is 1. The lowest BCUT2D eigenvalue weighted by molar-refractivity contribution is -0.274. The number of benzene rings is 2. The van der Waals surface area contributed by atoms with E-state index in [1.54, 1.807) is 12.1 Å². The summed E-state index contributed by atoms with van der Waals surface area (Å²) in [6, 6.07) is 11.7. The molecule has 3 aliphatic heterocycles. The van der Waals surface area contributed by atoms with E-state index in [9.17, 15) is 18.0 Å². The maximum absolute atomic E-state index is 13.1. The summed E-state index contributed by atoms with van der Waals surface area (Å²) in [7, 11) is 0. The third kappa shape index (κ3) is 4.48. The molecule has 5 aliphatic rings. The summed E-state index contributed by atoms with van der Waals surface area (Å²) < 4.78 is 49.2. The third-order valence-electron chi connectivity index (χ3n) is 8.39. The number of hydrogen-bond donors (Lipinski definition) is 1. The van der Waals surface area contributed by atoms with E-state index in [-0.39, 0.29) is 29.4 Å². The Morgan fingerprint density at radius 3 is 2.51 bits per heavy atom. The smallest absolute Gasteiger partial charge is 0.445 e. The van der Waals surface area contributed by atoms with Gasteiger partial charge in [0.15, 0.2) is 0 Å². The van der Waals surface area contributed by atoms with E-state index in [0.717, 1.165) is 69.3 Å². The number of ether oxygens (including phenoxy) is 2. The van der Waals surface area contributed by atoms with E-state index < -0.39 is 6.36 Å². The molecular formula is C27H29F3N2O3. The zero-order valence-electron chi connectivity index (χ0n) is 19.4. The van der Waals surface area contributed by atoms with Gasteiger partial charge < -0.3 is 14.8 Å². The fourth-order valence-corrected chi connectivity index (χ4v) is 6.30. The summed E-state index contributed by atoms with van der Waals surface area (Å²) >= 11 is 0. The van der Waals surface area contributed by atoms with Crippen molar-refractivity contribution in [3.8, 4) is 16.9 Å². The molecule has 1 saturated carbocycles. The van der Waals surface area contributed by atoms with Gasteiger partial charge in [-0.1, -0.05) is 30.3 Å². The number of amides is 1. The van der Waals surface area contributed by atoms with Gasteiger partial charge in [0.05, 0.1) is 6.04 Å². The van der Waals surface area contributed by atoms with Crippen LogP contribution in [0.1, 0.15) is 49.3 Å². The van der Waals surface area contributed by atoms with Crippen LogP contribution in [0.3, 0.4) is 0 Å². The van der Waals surface area contributed by atoms with E-state index in [1.165, 1.54) is 12.1 Å². The predicted octanol–water partition coefficient (Wildman–Crippen LogP) is 5.84. The Morgan fingerprint density at radius 1 is 1.06 bits per heavy atom. The summed E-state index contributed by atoms with van der Waals surface area (Å²) in [5, 5.41) is 3.18. The Labute approximate surface area is 202 Å². The van der Waals surface area contributed by atoms with Crippen molar-refractivity contribution in [2.75, 3.05) is 19.6 Å². The molecule has 2 aliphatic carbocycles. The Hall–Kier alpha value is -2.74. The maximum Gasteiger partial charge on any atom is 0.573 e. The molecule has 1 amide bonds. The molecule has 2 atom stereocenters. The molecule has 4 fully saturated rings. The second-order valence-corrected chi connectivity index (χ2v) is 10.5. The van der Waals surface area contributed by atoms with Crippen molar-refractivity contribution in [3.05, 3.63) is 53.6 Å². The Bertz CT molecular complexity index is 1120. The Morgan fingerprint density at radius 2 is 1.83 bits per heavy atom. The predicted molar refractivity (Wildman–Crippen MR) is 124 cm³/mol. The number of aryl methyl sites for hydroxylation is 1. The minimum absolute atomic E-state index is 0.00169. The highest BCUT2D eigenvalue weighted by Gasteiger charge is 2.53. The van der Waals surface area contributed by atoms with Crippen LogP contribution in [0.2, 0.25) is 0 Å². The van der Waals surface area contributed by atoms with Crippen LogP contribution in [0.15, 0.2) is 42.5 Å². The van der Waals surface area contributed by atoms with Crippen LogP contribution in [-0.2, 0) is 11.2 Å². The third-order valence-corrected chi connectivity index (χ3v) is 8.39. The van der Waals surface area contributed by atoms with E-state index in [0.29, 0.717) is 17.0 Å². The maximum atomic E-state index is 13.1. The van der Waals surface area contributed by atoms with Gasteiger partial charge in [0.2, 0.25) is 0 Å². The summed E-state index contributed by atoms with van der Waals surface area (Å²) in [5.74, 6) is 0.194. The number of carbonyl (C=O) groups is 1. The normalized spacial score (nSPS) is 28.3. The highest BCUT2D eigenvalue weighted by molar-refractivity contribution is 5.73. The van der Waals surface area contributed by atoms with Crippen molar-refractivity contribution in [3.63, 3.8) is 0 Å². The van der Waals surface area contributed by atoms with Gasteiger partial charge in [-0.15, -0.1) is 13.2 Å². The molecule has 186 valence electrons. The minimum Gasteiger partial charge on any atom is -0.445 e. The van der Waals surface area contributed by atoms with Crippen LogP contribution < -0.4 is 10.1 Å². The highest BCUT2D eigenvalue weighted by atomic mass is 19.4. The first kappa shape index (κ1) is 22.7. The molecule has 3 heterocycles. The summed E-state index contributed by atoms with van der Waals surface area (Å²) in [6.45, 7) is 2.95. The fourth-order valence-electron chi connectivity index (χ4n) is 6.30. The van der Waals surface area contributed by atoms with Gasteiger partial charge in [-0.25, -0.2) is 4.79 Å². The van der Waals surface area contributed by atoms with Crippen LogP contribution in [-0.4, -0.2) is 43.1 Å². The first-order valence-corrected chi connectivity index (χ1v) is 12.5. The van der Waals surface area contributed by atoms with Crippen molar-refractivity contribution in [2.45, 2.75) is 57.0 Å². The van der Waals surface area contributed by atoms with Gasteiger partial charge in [0.25, 0.3) is 0 Å². The van der Waals surface area contributed by atoms with Crippen LogP contribution >= 0.6 is 0 Å². The van der Waals surface area contributed by atoms with Gasteiger partial charge in [0.1, 0.15) is 11.9 Å². The lowest BCUT2D eigenvalue weighted by Crippen LogP contribution is -2.53. The summed E-state index contributed by atoms with van der Waals surface area (Å²) in [6.07, 6.45) is 0.817. The molecule has 7 rings (SSSR count). The van der Waals surface area contributed by atoms with Crippen molar-refractivity contribution in [1.29, 1.82) is 0 Å². The number of carbonyl (C=O) groups excluding carboxylic acids is 1. The monoisotopic (exact) mass is 486 g/mol. The topological polar surface area (TPSA) is 50.8 Å². The van der Waals surface area contributed by atoms with Crippen molar-refractivity contribution >= 4 is 6.09 Å². The fraction of sp³-hybridized carbons (Fsp3) is 0.519. The zero-order chi connectivity index (χ0) is 24.2. The van der Waals surface area contributed by atoms with Crippen LogP contribution in [0, 0.1) is 11.3 Å². The van der Waals surface area contributed by atoms with E-state index >= 15 is 0 Å². The standard InChI is InChI=1S/C27H29F3N2O3/c28-27(29,30)35-22-4-2-1-3-20(22)19-6-5-17-7-10-26(11-12-26)24(21(17)15-19)31-25(33)34-23-16-32-13-8-18(23)9-14-32/h1-6,15,18,23-24H,7-14,16H2,(H,31,33)/t23-,24?/m1/s1. The number of hydrogen-bond acceptors (Lipinski definition) is 4. The quantitative estimate of drug-likeness (QED) is 0.590. The molecular weight excluding hydrogens is 457 g/mol. The number of nitrogens with zero attached hydrogens (tertiary/aromatic N) is 1. The Kier molecular flexibility index (Phi) is 5.47. The zero-order valence-corrected chi connectivity index (χ0v) is 19.4. The number of fused-ring (bicyclic) bond motifs is 4. The second kappa shape index (κ2) is 8.43. The van der Waals surface area contributed by atoms with E-state index in [4.69, 9.17) is 4.74 Å². The number of rotatable bonds is 4. The lowest BCUT2D eigenvalue weighted by Gasteiger charge is -2.44. The number of nitrogens with one attached hydrogen (secondary N) is 1. The van der Waals surface area contributed by atoms with Gasteiger partial charge in [-0.3, -0.25) is 4.90 Å². The molecule has 2 aromatic rings. The second-order valence-electron chi connectivity index (χ2n) is 10.5. The first-order chi connectivity index (χ1) is 16.8. The number of piperidine rings is 3. The van der Waals surface area contributed by atoms with Crippen LogP contribution in [0.5, 0.6) is 5.75 Å². The molecule has 2 aromatic carbocycles. The highest BCUT2D eigenvalue weighted by Crippen LogP contribution is 2.61. The van der Waals surface area contributed by atoms with Gasteiger partial charge in [-0.05, 0) is 91.8 Å². The average Bonchev–Trinajstić information content (AvgIpc) is 3.61.